The molecule has 10 nitrogen and oxygen atoms in total. The molecule has 0 saturated heterocycles. The predicted molar refractivity (Wildman–Crippen MR) is 83.8 cm³/mol. The van der Waals surface area contributed by atoms with E-state index in [-0.39, 0.29) is 17.1 Å². The number of benzene rings is 1. The van der Waals surface area contributed by atoms with Gasteiger partial charge in [0.1, 0.15) is 6.54 Å². The molecule has 0 atom stereocenters. The van der Waals surface area contributed by atoms with E-state index in [1.54, 1.807) is 6.92 Å². The third-order valence-electron chi connectivity index (χ3n) is 3.18. The van der Waals surface area contributed by atoms with E-state index in [4.69, 9.17) is 0 Å². The number of nitro groups is 2. The maximum Gasteiger partial charge on any atom is 0.285 e. The first kappa shape index (κ1) is 16.8. The summed E-state index contributed by atoms with van der Waals surface area (Å²) < 4.78 is 0.885. The second kappa shape index (κ2) is 6.69. The van der Waals surface area contributed by atoms with Crippen LogP contribution in [0.25, 0.3) is 0 Å². The van der Waals surface area contributed by atoms with E-state index in [0.717, 1.165) is 22.9 Å². The summed E-state index contributed by atoms with van der Waals surface area (Å²) in [7, 11) is 0. The lowest BCUT2D eigenvalue weighted by Crippen LogP contribution is -2.27. The number of aryl methyl sites for hydroxylation is 1. The van der Waals surface area contributed by atoms with Gasteiger partial charge in [0.15, 0.2) is 0 Å². The first-order valence-corrected chi connectivity index (χ1v) is 6.67. The lowest BCUT2D eigenvalue weighted by molar-refractivity contribution is -0.385. The summed E-state index contributed by atoms with van der Waals surface area (Å²) in [6.07, 6.45) is 0.958. The van der Waals surface area contributed by atoms with Crippen LogP contribution < -0.4 is 10.9 Å². The summed E-state index contributed by atoms with van der Waals surface area (Å²) in [4.78, 5) is 43.9. The van der Waals surface area contributed by atoms with E-state index in [9.17, 15) is 29.8 Å². The topological polar surface area (TPSA) is 137 Å². The fraction of sp³-hybridized carbons (Fsp3) is 0.143. The SMILES string of the molecule is Cc1ccc(NC(=O)Cn2cc([N+](=O)[O-])ccc2=O)cc1[N+](=O)[O-]. The van der Waals surface area contributed by atoms with Crippen molar-refractivity contribution in [2.75, 3.05) is 5.32 Å². The molecule has 1 heterocycles. The van der Waals surface area contributed by atoms with Gasteiger partial charge in [-0.05, 0) is 13.0 Å². The molecule has 0 aliphatic rings. The molecule has 0 aliphatic carbocycles. The number of amides is 1. The number of carbonyl (C=O) groups is 1. The molecule has 0 bridgehead atoms. The van der Waals surface area contributed by atoms with Crippen LogP contribution >= 0.6 is 0 Å². The number of hydrogen-bond donors (Lipinski definition) is 1. The molecule has 1 aromatic heterocycles. The Morgan fingerprint density at radius 1 is 1.17 bits per heavy atom. The van der Waals surface area contributed by atoms with Gasteiger partial charge in [-0.1, -0.05) is 6.07 Å². The standard InChI is InChI=1S/C14H12N4O6/c1-9-2-3-10(6-12(9)18(23)24)15-13(19)8-16-7-11(17(21)22)4-5-14(16)20/h2-7H,8H2,1H3,(H,15,19). The zero-order valence-corrected chi connectivity index (χ0v) is 12.5. The molecule has 0 radical (unpaired) electrons. The number of aromatic nitrogens is 1. The van der Waals surface area contributed by atoms with Crippen LogP contribution in [-0.2, 0) is 11.3 Å². The van der Waals surface area contributed by atoms with Gasteiger partial charge in [-0.25, -0.2) is 0 Å². The van der Waals surface area contributed by atoms with Crippen molar-refractivity contribution >= 4 is 23.0 Å². The maximum absolute atomic E-state index is 12.0. The highest BCUT2D eigenvalue weighted by molar-refractivity contribution is 5.91. The average Bonchev–Trinajstić information content (AvgIpc) is 2.50. The number of nitro benzene ring substituents is 1. The fourth-order valence-electron chi connectivity index (χ4n) is 1.99. The molecule has 0 aliphatic heterocycles. The Kier molecular flexibility index (Phi) is 4.68. The van der Waals surface area contributed by atoms with Crippen molar-refractivity contribution in [2.24, 2.45) is 0 Å². The molecule has 24 heavy (non-hydrogen) atoms. The highest BCUT2D eigenvalue weighted by atomic mass is 16.6. The predicted octanol–water partition coefficient (Wildman–Crippen LogP) is 1.61. The molecule has 2 aromatic rings. The van der Waals surface area contributed by atoms with Crippen molar-refractivity contribution < 1.29 is 14.6 Å². The van der Waals surface area contributed by atoms with Crippen LogP contribution in [0, 0.1) is 27.2 Å². The summed E-state index contributed by atoms with van der Waals surface area (Å²) in [5.41, 5.74) is -0.428. The molecule has 1 amide bonds. The number of pyridine rings is 1. The molecule has 1 aromatic carbocycles. The zero-order chi connectivity index (χ0) is 17.9. The molecule has 124 valence electrons. The number of hydrogen-bond acceptors (Lipinski definition) is 6. The molecule has 0 fully saturated rings. The first-order valence-electron chi connectivity index (χ1n) is 6.67. The Bertz CT molecular complexity index is 889. The lowest BCUT2D eigenvalue weighted by Gasteiger charge is -2.08. The van der Waals surface area contributed by atoms with Gasteiger partial charge < -0.3 is 5.32 Å². The van der Waals surface area contributed by atoms with Gasteiger partial charge in [0, 0.05) is 29.4 Å². The summed E-state index contributed by atoms with van der Waals surface area (Å²) in [5.74, 6) is -0.643. The van der Waals surface area contributed by atoms with Crippen LogP contribution in [0.15, 0.2) is 41.3 Å². The van der Waals surface area contributed by atoms with Crippen molar-refractivity contribution in [2.45, 2.75) is 13.5 Å². The van der Waals surface area contributed by atoms with Crippen LogP contribution in [0.4, 0.5) is 17.1 Å². The number of nitrogens with zero attached hydrogens (tertiary/aromatic N) is 3. The van der Waals surface area contributed by atoms with Crippen molar-refractivity contribution in [1.82, 2.24) is 4.57 Å². The quantitative estimate of drug-likeness (QED) is 0.652. The molecule has 2 rings (SSSR count). The Balaban J connectivity index is 2.19. The number of rotatable bonds is 5. The number of anilines is 1. The molecule has 0 spiro atoms. The van der Waals surface area contributed by atoms with Gasteiger partial charge in [0.2, 0.25) is 5.91 Å². The summed E-state index contributed by atoms with van der Waals surface area (Å²) in [6, 6.07) is 6.19. The van der Waals surface area contributed by atoms with Gasteiger partial charge in [0.05, 0.1) is 16.0 Å². The van der Waals surface area contributed by atoms with Crippen LogP contribution in [0.5, 0.6) is 0 Å². The number of carbonyl (C=O) groups excluding carboxylic acids is 1. The Labute approximate surface area is 134 Å². The minimum absolute atomic E-state index is 0.152. The smallest absolute Gasteiger partial charge is 0.285 e. The van der Waals surface area contributed by atoms with Gasteiger partial charge in [-0.15, -0.1) is 0 Å². The van der Waals surface area contributed by atoms with Crippen LogP contribution in [-0.4, -0.2) is 20.3 Å². The van der Waals surface area contributed by atoms with Gasteiger partial charge in [-0.2, -0.15) is 0 Å². The van der Waals surface area contributed by atoms with E-state index >= 15 is 0 Å². The minimum Gasteiger partial charge on any atom is -0.324 e. The van der Waals surface area contributed by atoms with E-state index in [0.29, 0.717) is 5.56 Å². The molecular formula is C14H12N4O6. The first-order chi connectivity index (χ1) is 11.3. The van der Waals surface area contributed by atoms with E-state index in [2.05, 4.69) is 5.32 Å². The highest BCUT2D eigenvalue weighted by Crippen LogP contribution is 2.22. The minimum atomic E-state index is -0.683. The van der Waals surface area contributed by atoms with E-state index < -0.39 is 27.9 Å². The molecule has 1 N–H and O–H groups in total. The van der Waals surface area contributed by atoms with Crippen LogP contribution in [0.3, 0.4) is 0 Å². The Hall–Kier alpha value is -3.56. The second-order valence-corrected chi connectivity index (χ2v) is 4.92. The third-order valence-corrected chi connectivity index (χ3v) is 3.18. The van der Waals surface area contributed by atoms with E-state index in [1.165, 1.54) is 18.2 Å². The molecule has 0 saturated carbocycles. The van der Waals surface area contributed by atoms with E-state index in [1.807, 2.05) is 0 Å². The summed E-state index contributed by atoms with van der Waals surface area (Å²) in [5, 5.41) is 24.0. The molecule has 10 heteroatoms. The molecule has 0 unspecified atom stereocenters. The summed E-state index contributed by atoms with van der Waals surface area (Å²) >= 11 is 0. The van der Waals surface area contributed by atoms with Crippen molar-refractivity contribution in [3.8, 4) is 0 Å². The number of nitrogens with one attached hydrogen (secondary N) is 1. The largest absolute Gasteiger partial charge is 0.324 e. The zero-order valence-electron chi connectivity index (χ0n) is 12.5. The maximum atomic E-state index is 12.0. The third kappa shape index (κ3) is 3.80. The average molecular weight is 332 g/mol. The van der Waals surface area contributed by atoms with Gasteiger partial charge >= 0.3 is 0 Å². The lowest BCUT2D eigenvalue weighted by atomic mass is 10.2. The van der Waals surface area contributed by atoms with Crippen molar-refractivity contribution in [3.05, 3.63) is 72.7 Å². The van der Waals surface area contributed by atoms with Crippen molar-refractivity contribution in [1.29, 1.82) is 0 Å². The monoisotopic (exact) mass is 332 g/mol. The van der Waals surface area contributed by atoms with Gasteiger partial charge in [-0.3, -0.25) is 34.4 Å². The fourth-order valence-corrected chi connectivity index (χ4v) is 1.99. The van der Waals surface area contributed by atoms with Gasteiger partial charge in [0.25, 0.3) is 16.9 Å². The molecular weight excluding hydrogens is 320 g/mol. The van der Waals surface area contributed by atoms with Crippen LogP contribution in [0.1, 0.15) is 5.56 Å². The Morgan fingerprint density at radius 3 is 2.50 bits per heavy atom. The van der Waals surface area contributed by atoms with Crippen LogP contribution in [0.2, 0.25) is 0 Å². The Morgan fingerprint density at radius 2 is 1.88 bits per heavy atom. The second-order valence-electron chi connectivity index (χ2n) is 4.92. The highest BCUT2D eigenvalue weighted by Gasteiger charge is 2.14. The normalized spacial score (nSPS) is 10.2. The summed E-state index contributed by atoms with van der Waals surface area (Å²) in [6.45, 7) is 1.11. The van der Waals surface area contributed by atoms with Crippen molar-refractivity contribution in [3.63, 3.8) is 0 Å².